The van der Waals surface area contributed by atoms with Crippen LogP contribution in [0, 0.1) is 17.1 Å². The molecule has 0 fully saturated rings. The van der Waals surface area contributed by atoms with E-state index in [0.29, 0.717) is 22.2 Å². The minimum atomic E-state index is -0.435. The Kier molecular flexibility index (Phi) is 7.07. The first-order valence-electron chi connectivity index (χ1n) is 10.1. The fourth-order valence-electron chi connectivity index (χ4n) is 3.27. The van der Waals surface area contributed by atoms with Crippen molar-refractivity contribution in [2.24, 2.45) is 0 Å². The normalized spacial score (nSPS) is 10.5. The molecule has 0 aliphatic rings. The van der Waals surface area contributed by atoms with E-state index in [2.05, 4.69) is 21.3 Å². The Balaban J connectivity index is 1.64. The molecule has 0 spiro atoms. The third-order valence-corrected chi connectivity index (χ3v) is 5.70. The van der Waals surface area contributed by atoms with Crippen LogP contribution in [-0.2, 0) is 4.79 Å². The summed E-state index contributed by atoms with van der Waals surface area (Å²) in [7, 11) is 0. The topological polar surface area (TPSA) is 87.7 Å². The molecule has 0 unspecified atom stereocenters. The van der Waals surface area contributed by atoms with Gasteiger partial charge in [-0.1, -0.05) is 42.1 Å². The molecule has 0 N–H and O–H groups in total. The highest BCUT2D eigenvalue weighted by molar-refractivity contribution is 7.99. The first-order chi connectivity index (χ1) is 16.2. The maximum atomic E-state index is 14.7. The number of carbonyl (C=O) groups is 1. The number of para-hydroxylation sites is 2. The molecular formula is C24H19FN6OS. The number of nitrogens with zero attached hydrogens (tertiary/aromatic N) is 6. The molecule has 4 aromatic rings. The van der Waals surface area contributed by atoms with E-state index in [4.69, 9.17) is 5.26 Å². The minimum absolute atomic E-state index is 0.0416. The van der Waals surface area contributed by atoms with Crippen LogP contribution in [0.15, 0.2) is 84.3 Å². The number of hydrogen-bond donors (Lipinski definition) is 0. The van der Waals surface area contributed by atoms with Crippen molar-refractivity contribution in [2.45, 2.75) is 11.6 Å². The van der Waals surface area contributed by atoms with Gasteiger partial charge < -0.3 is 4.90 Å². The third kappa shape index (κ3) is 5.07. The highest BCUT2D eigenvalue weighted by Crippen LogP contribution is 2.29. The van der Waals surface area contributed by atoms with E-state index in [9.17, 15) is 9.18 Å². The first-order valence-corrected chi connectivity index (χ1v) is 11.1. The molecule has 0 saturated heterocycles. The Bertz CT molecular complexity index is 1270. The first kappa shape index (κ1) is 22.2. The smallest absolute Gasteiger partial charge is 0.237 e. The van der Waals surface area contributed by atoms with Crippen LogP contribution in [0.2, 0.25) is 0 Å². The molecule has 0 saturated carbocycles. The van der Waals surface area contributed by atoms with E-state index >= 15 is 0 Å². The fraction of sp³-hybridized carbons (Fsp3) is 0.125. The maximum absolute atomic E-state index is 14.7. The van der Waals surface area contributed by atoms with Crippen LogP contribution in [0.5, 0.6) is 0 Å². The molecule has 0 aliphatic carbocycles. The van der Waals surface area contributed by atoms with Crippen molar-refractivity contribution in [3.05, 3.63) is 84.9 Å². The molecule has 0 bridgehead atoms. The van der Waals surface area contributed by atoms with Gasteiger partial charge in [-0.05, 0) is 36.4 Å². The molecule has 1 amide bonds. The second-order valence-corrected chi connectivity index (χ2v) is 7.85. The zero-order valence-corrected chi connectivity index (χ0v) is 18.3. The molecule has 164 valence electrons. The van der Waals surface area contributed by atoms with Crippen molar-refractivity contribution >= 4 is 23.4 Å². The number of aromatic nitrogens is 4. The quantitative estimate of drug-likeness (QED) is 0.361. The van der Waals surface area contributed by atoms with Crippen LogP contribution in [0.3, 0.4) is 0 Å². The van der Waals surface area contributed by atoms with E-state index in [1.165, 1.54) is 6.07 Å². The molecule has 0 aliphatic heterocycles. The van der Waals surface area contributed by atoms with Crippen LogP contribution in [0.1, 0.15) is 6.42 Å². The number of carbonyl (C=O) groups excluding carboxylic acids is 1. The minimum Gasteiger partial charge on any atom is -0.311 e. The van der Waals surface area contributed by atoms with Crippen LogP contribution in [0.25, 0.3) is 17.1 Å². The van der Waals surface area contributed by atoms with E-state index < -0.39 is 5.82 Å². The number of thioether (sulfide) groups is 1. The highest BCUT2D eigenvalue weighted by Gasteiger charge is 2.21. The standard InChI is InChI=1S/C24H19FN6OS/c25-20-11-4-5-12-21(20)31-23(18-8-6-14-27-16-18)28-29-24(31)33-17-22(32)30(15-7-13-26)19-9-2-1-3-10-19/h1-6,8-12,14,16H,7,15,17H2. The number of anilines is 1. The summed E-state index contributed by atoms with van der Waals surface area (Å²) in [6.07, 6.45) is 3.48. The average Bonchev–Trinajstić information content (AvgIpc) is 3.28. The van der Waals surface area contributed by atoms with Gasteiger partial charge in [0.25, 0.3) is 0 Å². The van der Waals surface area contributed by atoms with Crippen molar-refractivity contribution in [2.75, 3.05) is 17.2 Å². The summed E-state index contributed by atoms with van der Waals surface area (Å²) in [5.74, 6) is -0.157. The van der Waals surface area contributed by atoms with Crippen molar-refractivity contribution in [3.63, 3.8) is 0 Å². The van der Waals surface area contributed by atoms with E-state index in [1.807, 2.05) is 36.4 Å². The van der Waals surface area contributed by atoms with Gasteiger partial charge in [0.1, 0.15) is 5.82 Å². The summed E-state index contributed by atoms with van der Waals surface area (Å²) < 4.78 is 16.3. The van der Waals surface area contributed by atoms with Gasteiger partial charge in [-0.3, -0.25) is 14.3 Å². The summed E-state index contributed by atoms with van der Waals surface area (Å²) >= 11 is 1.16. The highest BCUT2D eigenvalue weighted by atomic mass is 32.2. The fourth-order valence-corrected chi connectivity index (χ4v) is 4.09. The van der Waals surface area contributed by atoms with Crippen molar-refractivity contribution in [3.8, 4) is 23.1 Å². The number of hydrogen-bond acceptors (Lipinski definition) is 6. The number of nitriles is 1. The predicted molar refractivity (Wildman–Crippen MR) is 124 cm³/mol. The maximum Gasteiger partial charge on any atom is 0.237 e. The Hall–Kier alpha value is -4.03. The molecule has 7 nitrogen and oxygen atoms in total. The number of pyridine rings is 1. The van der Waals surface area contributed by atoms with E-state index in [0.717, 1.165) is 11.8 Å². The van der Waals surface area contributed by atoms with Gasteiger partial charge in [0.15, 0.2) is 11.0 Å². The van der Waals surface area contributed by atoms with Gasteiger partial charge in [-0.25, -0.2) is 4.39 Å². The summed E-state index contributed by atoms with van der Waals surface area (Å²) in [5, 5.41) is 17.9. The summed E-state index contributed by atoms with van der Waals surface area (Å²) in [5.41, 5.74) is 1.66. The number of benzene rings is 2. The molecule has 2 heterocycles. The molecule has 0 radical (unpaired) electrons. The van der Waals surface area contributed by atoms with Gasteiger partial charge >= 0.3 is 0 Å². The lowest BCUT2D eigenvalue weighted by atomic mass is 10.2. The SMILES string of the molecule is N#CCCN(C(=O)CSc1nnc(-c2cccnc2)n1-c1ccccc1F)c1ccccc1. The Morgan fingerprint density at radius 2 is 1.85 bits per heavy atom. The Morgan fingerprint density at radius 3 is 2.58 bits per heavy atom. The lowest BCUT2D eigenvalue weighted by Gasteiger charge is -2.21. The van der Waals surface area contributed by atoms with Crippen LogP contribution < -0.4 is 4.90 Å². The molecule has 0 atom stereocenters. The second-order valence-electron chi connectivity index (χ2n) is 6.91. The summed E-state index contributed by atoms with van der Waals surface area (Å²) in [4.78, 5) is 18.8. The Morgan fingerprint density at radius 1 is 1.06 bits per heavy atom. The molecule has 9 heteroatoms. The van der Waals surface area contributed by atoms with Crippen molar-refractivity contribution in [1.29, 1.82) is 5.26 Å². The zero-order chi connectivity index (χ0) is 23.0. The molecule has 4 rings (SSSR count). The van der Waals surface area contributed by atoms with Gasteiger partial charge in [0, 0.05) is 30.2 Å². The lowest BCUT2D eigenvalue weighted by molar-refractivity contribution is -0.116. The largest absolute Gasteiger partial charge is 0.311 e. The van der Waals surface area contributed by atoms with Gasteiger partial charge in [0.05, 0.1) is 23.9 Å². The van der Waals surface area contributed by atoms with Crippen molar-refractivity contribution < 1.29 is 9.18 Å². The number of halogens is 1. The predicted octanol–water partition coefficient (Wildman–Crippen LogP) is 4.51. The summed E-state index contributed by atoms with van der Waals surface area (Å²) in [6.45, 7) is 0.279. The Labute approximate surface area is 194 Å². The molecular weight excluding hydrogens is 439 g/mol. The average molecular weight is 459 g/mol. The number of rotatable bonds is 8. The van der Waals surface area contributed by atoms with Crippen LogP contribution in [0.4, 0.5) is 10.1 Å². The van der Waals surface area contributed by atoms with Gasteiger partial charge in [-0.2, -0.15) is 5.26 Å². The zero-order valence-electron chi connectivity index (χ0n) is 17.5. The van der Waals surface area contributed by atoms with Crippen LogP contribution in [-0.4, -0.2) is 38.0 Å². The van der Waals surface area contributed by atoms with Crippen molar-refractivity contribution in [1.82, 2.24) is 19.7 Å². The van der Waals surface area contributed by atoms with Gasteiger partial charge in [0.2, 0.25) is 5.91 Å². The lowest BCUT2D eigenvalue weighted by Crippen LogP contribution is -2.33. The third-order valence-electron chi connectivity index (χ3n) is 4.79. The second kappa shape index (κ2) is 10.5. The molecule has 33 heavy (non-hydrogen) atoms. The monoisotopic (exact) mass is 458 g/mol. The van der Waals surface area contributed by atoms with E-state index in [-0.39, 0.29) is 30.3 Å². The summed E-state index contributed by atoms with van der Waals surface area (Å²) in [6, 6.07) is 21.2. The number of amides is 1. The van der Waals surface area contributed by atoms with E-state index in [1.54, 1.807) is 46.1 Å². The molecule has 2 aromatic heterocycles. The molecule has 2 aromatic carbocycles. The van der Waals surface area contributed by atoms with Crippen LogP contribution >= 0.6 is 11.8 Å². The van der Waals surface area contributed by atoms with Gasteiger partial charge in [-0.15, -0.1) is 10.2 Å².